The molecule has 0 atom stereocenters. The van der Waals surface area contributed by atoms with Crippen molar-refractivity contribution in [1.29, 1.82) is 0 Å². The largest absolute Gasteiger partial charge is 0.355 e. The smallest absolute Gasteiger partial charge is 0.0422 e. The molecule has 0 amide bonds. The fourth-order valence-corrected chi connectivity index (χ4v) is 3.81. The third kappa shape index (κ3) is 5.36. The number of benzene rings is 2. The highest BCUT2D eigenvalue weighted by atomic mass is 14.9. The van der Waals surface area contributed by atoms with E-state index >= 15 is 0 Å². The zero-order chi connectivity index (χ0) is 18.9. The molecule has 0 bridgehead atoms. The van der Waals surface area contributed by atoms with Crippen LogP contribution in [0.2, 0.25) is 0 Å². The van der Waals surface area contributed by atoms with E-state index in [0.29, 0.717) is 5.41 Å². The number of nitrogens with one attached hydrogen (secondary N) is 1. The SMILES string of the molecule is CC(C)(C)CC(C)(C)c1ccccc1Nc1ccc(C(C)(C)C)cc1. The van der Waals surface area contributed by atoms with Crippen molar-refractivity contribution in [1.82, 2.24) is 0 Å². The fourth-order valence-electron chi connectivity index (χ4n) is 3.81. The molecule has 0 saturated carbocycles. The Labute approximate surface area is 154 Å². The van der Waals surface area contributed by atoms with Gasteiger partial charge < -0.3 is 5.32 Å². The van der Waals surface area contributed by atoms with Crippen molar-refractivity contribution in [3.63, 3.8) is 0 Å². The Hall–Kier alpha value is -1.76. The van der Waals surface area contributed by atoms with Crippen LogP contribution in [0.1, 0.15) is 72.9 Å². The second-order valence-electron chi connectivity index (χ2n) is 10.1. The fraction of sp³-hybridized carbons (Fsp3) is 0.500. The quantitative estimate of drug-likeness (QED) is 0.611. The van der Waals surface area contributed by atoms with Crippen LogP contribution in [0.4, 0.5) is 11.4 Å². The van der Waals surface area contributed by atoms with Crippen molar-refractivity contribution < 1.29 is 0 Å². The van der Waals surface area contributed by atoms with Crippen LogP contribution in [0.25, 0.3) is 0 Å². The molecule has 0 aliphatic carbocycles. The maximum absolute atomic E-state index is 3.64. The molecular formula is C24H35N. The van der Waals surface area contributed by atoms with Crippen LogP contribution >= 0.6 is 0 Å². The van der Waals surface area contributed by atoms with E-state index in [4.69, 9.17) is 0 Å². The van der Waals surface area contributed by atoms with Crippen LogP contribution in [0.15, 0.2) is 48.5 Å². The van der Waals surface area contributed by atoms with Crippen LogP contribution in [0.5, 0.6) is 0 Å². The van der Waals surface area contributed by atoms with Gasteiger partial charge in [0, 0.05) is 11.4 Å². The lowest BCUT2D eigenvalue weighted by Gasteiger charge is -2.34. The van der Waals surface area contributed by atoms with Crippen molar-refractivity contribution in [3.8, 4) is 0 Å². The molecule has 0 fully saturated rings. The third-order valence-electron chi connectivity index (χ3n) is 4.66. The van der Waals surface area contributed by atoms with Gasteiger partial charge in [0.05, 0.1) is 0 Å². The predicted octanol–water partition coefficient (Wildman–Crippen LogP) is 7.44. The number of hydrogen-bond acceptors (Lipinski definition) is 1. The standard InChI is InChI=1S/C24H35N/c1-22(2,3)17-24(7,8)20-11-9-10-12-21(20)25-19-15-13-18(14-16-19)23(4,5)6/h9-16,25H,17H2,1-8H3. The Morgan fingerprint density at radius 1 is 0.720 bits per heavy atom. The number of hydrogen-bond donors (Lipinski definition) is 1. The molecule has 0 radical (unpaired) electrons. The summed E-state index contributed by atoms with van der Waals surface area (Å²) in [6, 6.07) is 17.5. The van der Waals surface area contributed by atoms with Crippen LogP contribution in [-0.2, 0) is 10.8 Å². The van der Waals surface area contributed by atoms with E-state index in [1.54, 1.807) is 0 Å². The monoisotopic (exact) mass is 337 g/mol. The first kappa shape index (κ1) is 19.6. The molecule has 0 unspecified atom stereocenters. The number of rotatable bonds is 4. The summed E-state index contributed by atoms with van der Waals surface area (Å²) in [7, 11) is 0. The molecule has 0 spiro atoms. The molecule has 0 aliphatic rings. The van der Waals surface area contributed by atoms with Crippen molar-refractivity contribution in [2.45, 2.75) is 72.6 Å². The molecule has 0 heterocycles. The first-order valence-electron chi connectivity index (χ1n) is 9.36. The van der Waals surface area contributed by atoms with Crippen molar-refractivity contribution in [3.05, 3.63) is 59.7 Å². The van der Waals surface area contributed by atoms with E-state index in [1.807, 2.05) is 0 Å². The normalized spacial score (nSPS) is 13.0. The summed E-state index contributed by atoms with van der Waals surface area (Å²) in [6.45, 7) is 18.4. The molecule has 0 aliphatic heterocycles. The lowest BCUT2D eigenvalue weighted by Crippen LogP contribution is -2.25. The Morgan fingerprint density at radius 2 is 1.28 bits per heavy atom. The zero-order valence-corrected chi connectivity index (χ0v) is 17.3. The minimum atomic E-state index is 0.118. The maximum atomic E-state index is 3.64. The van der Waals surface area contributed by atoms with E-state index in [9.17, 15) is 0 Å². The van der Waals surface area contributed by atoms with Gasteiger partial charge in [0.1, 0.15) is 0 Å². The maximum Gasteiger partial charge on any atom is 0.0422 e. The Morgan fingerprint density at radius 3 is 1.80 bits per heavy atom. The molecular weight excluding hydrogens is 302 g/mol. The average molecular weight is 338 g/mol. The highest BCUT2D eigenvalue weighted by molar-refractivity contribution is 5.65. The zero-order valence-electron chi connectivity index (χ0n) is 17.3. The van der Waals surface area contributed by atoms with Gasteiger partial charge in [-0.3, -0.25) is 0 Å². The predicted molar refractivity (Wildman–Crippen MR) is 112 cm³/mol. The highest BCUT2D eigenvalue weighted by Crippen LogP contribution is 2.40. The second-order valence-corrected chi connectivity index (χ2v) is 10.1. The summed E-state index contributed by atoms with van der Waals surface area (Å²) in [5.74, 6) is 0. The van der Waals surface area contributed by atoms with E-state index < -0.39 is 0 Å². The minimum Gasteiger partial charge on any atom is -0.355 e. The first-order chi connectivity index (χ1) is 11.4. The summed E-state index contributed by atoms with van der Waals surface area (Å²) >= 11 is 0. The molecule has 1 heteroatoms. The molecule has 25 heavy (non-hydrogen) atoms. The van der Waals surface area contributed by atoms with Crippen LogP contribution in [-0.4, -0.2) is 0 Å². The molecule has 0 saturated heterocycles. The lowest BCUT2D eigenvalue weighted by molar-refractivity contribution is 0.284. The van der Waals surface area contributed by atoms with E-state index in [2.05, 4.69) is 109 Å². The summed E-state index contributed by atoms with van der Waals surface area (Å²) in [5, 5.41) is 3.64. The van der Waals surface area contributed by atoms with E-state index in [0.717, 1.165) is 12.1 Å². The molecule has 1 N–H and O–H groups in total. The number of para-hydroxylation sites is 1. The van der Waals surface area contributed by atoms with Gasteiger partial charge in [-0.25, -0.2) is 0 Å². The Bertz CT molecular complexity index is 694. The summed E-state index contributed by atoms with van der Waals surface area (Å²) in [4.78, 5) is 0. The van der Waals surface area contributed by atoms with Gasteiger partial charge in [0.2, 0.25) is 0 Å². The number of anilines is 2. The Balaban J connectivity index is 2.29. The van der Waals surface area contributed by atoms with Gasteiger partial charge in [0.25, 0.3) is 0 Å². The molecule has 2 rings (SSSR count). The third-order valence-corrected chi connectivity index (χ3v) is 4.66. The average Bonchev–Trinajstić information content (AvgIpc) is 2.45. The molecule has 0 aromatic heterocycles. The second kappa shape index (κ2) is 6.86. The van der Waals surface area contributed by atoms with E-state index in [-0.39, 0.29) is 10.8 Å². The molecule has 2 aromatic rings. The summed E-state index contributed by atoms with van der Waals surface area (Å²) < 4.78 is 0. The minimum absolute atomic E-state index is 0.118. The van der Waals surface area contributed by atoms with Gasteiger partial charge in [-0.2, -0.15) is 0 Å². The highest BCUT2D eigenvalue weighted by Gasteiger charge is 2.29. The van der Waals surface area contributed by atoms with Crippen molar-refractivity contribution >= 4 is 11.4 Å². The van der Waals surface area contributed by atoms with Gasteiger partial charge >= 0.3 is 0 Å². The van der Waals surface area contributed by atoms with E-state index in [1.165, 1.54) is 16.8 Å². The van der Waals surface area contributed by atoms with Gasteiger partial charge in [-0.05, 0) is 52.0 Å². The van der Waals surface area contributed by atoms with Crippen molar-refractivity contribution in [2.75, 3.05) is 5.32 Å². The summed E-state index contributed by atoms with van der Waals surface area (Å²) in [5.41, 5.74) is 5.69. The van der Waals surface area contributed by atoms with Gasteiger partial charge in [0.15, 0.2) is 0 Å². The van der Waals surface area contributed by atoms with Gasteiger partial charge in [-0.1, -0.05) is 85.7 Å². The van der Waals surface area contributed by atoms with Crippen LogP contribution in [0, 0.1) is 5.41 Å². The van der Waals surface area contributed by atoms with Crippen LogP contribution < -0.4 is 5.32 Å². The molecule has 1 nitrogen and oxygen atoms in total. The topological polar surface area (TPSA) is 12.0 Å². The molecule has 2 aromatic carbocycles. The first-order valence-corrected chi connectivity index (χ1v) is 9.36. The Kier molecular flexibility index (Phi) is 5.37. The van der Waals surface area contributed by atoms with Gasteiger partial charge in [-0.15, -0.1) is 0 Å². The van der Waals surface area contributed by atoms with Crippen LogP contribution in [0.3, 0.4) is 0 Å². The molecule has 136 valence electrons. The summed E-state index contributed by atoms with van der Waals surface area (Å²) in [6.07, 6.45) is 1.14. The lowest BCUT2D eigenvalue weighted by atomic mass is 9.72. The van der Waals surface area contributed by atoms with Crippen molar-refractivity contribution in [2.24, 2.45) is 5.41 Å².